The van der Waals surface area contributed by atoms with Crippen molar-refractivity contribution in [2.45, 2.75) is 98.1 Å². The first-order valence-corrected chi connectivity index (χ1v) is 9.46. The van der Waals surface area contributed by atoms with E-state index in [1.165, 1.54) is 0 Å². The number of rotatable bonds is 4. The maximum Gasteiger partial charge on any atom is 0.161 e. The summed E-state index contributed by atoms with van der Waals surface area (Å²) in [5.74, 6) is 1.49. The summed E-state index contributed by atoms with van der Waals surface area (Å²) in [6.45, 7) is 15.1. The molecule has 0 saturated carbocycles. The molecular weight excluding hydrogens is 292 g/mol. The predicted molar refractivity (Wildman–Crippen MR) is 91.1 cm³/mol. The van der Waals surface area contributed by atoms with Crippen molar-refractivity contribution in [3.8, 4) is 0 Å². The van der Waals surface area contributed by atoms with Crippen LogP contribution in [-0.2, 0) is 14.2 Å². The monoisotopic (exact) mass is 328 g/mol. The van der Waals surface area contributed by atoms with Crippen LogP contribution in [0.5, 0.6) is 0 Å². The minimum Gasteiger partial charge on any atom is -0.390 e. The third-order valence-electron chi connectivity index (χ3n) is 6.37. The second-order valence-corrected chi connectivity index (χ2v) is 7.77. The first-order valence-electron chi connectivity index (χ1n) is 9.46. The van der Waals surface area contributed by atoms with E-state index in [-0.39, 0.29) is 36.6 Å². The Morgan fingerprint density at radius 3 is 1.96 bits per heavy atom. The molecule has 0 bridgehead atoms. The average Bonchev–Trinajstić information content (AvgIpc) is 2.55. The summed E-state index contributed by atoms with van der Waals surface area (Å²) in [6.07, 6.45) is 1.21. The molecule has 2 saturated heterocycles. The number of hydrogen-bond donors (Lipinski definition) is 1. The highest BCUT2D eigenvalue weighted by Gasteiger charge is 2.45. The first-order chi connectivity index (χ1) is 10.8. The molecule has 2 fully saturated rings. The molecule has 0 aromatic carbocycles. The van der Waals surface area contributed by atoms with E-state index in [2.05, 4.69) is 41.5 Å². The fraction of sp³-hybridized carbons (Fsp3) is 1.00. The Morgan fingerprint density at radius 1 is 0.783 bits per heavy atom. The average molecular weight is 328 g/mol. The lowest BCUT2D eigenvalue weighted by atomic mass is 9.78. The molecule has 4 heteroatoms. The van der Waals surface area contributed by atoms with Crippen molar-refractivity contribution in [1.82, 2.24) is 0 Å². The van der Waals surface area contributed by atoms with Crippen LogP contribution in [0.3, 0.4) is 0 Å². The lowest BCUT2D eigenvalue weighted by Crippen LogP contribution is -2.56. The normalized spacial score (nSPS) is 51.7. The molecule has 4 nitrogen and oxygen atoms in total. The van der Waals surface area contributed by atoms with Gasteiger partial charge in [-0.3, -0.25) is 0 Å². The van der Waals surface area contributed by atoms with Gasteiger partial charge in [-0.15, -0.1) is 0 Å². The van der Waals surface area contributed by atoms with Crippen LogP contribution in [0.15, 0.2) is 0 Å². The third-order valence-corrected chi connectivity index (χ3v) is 6.37. The summed E-state index contributed by atoms with van der Waals surface area (Å²) < 4.78 is 18.7. The van der Waals surface area contributed by atoms with Gasteiger partial charge in [-0.1, -0.05) is 41.5 Å². The summed E-state index contributed by atoms with van der Waals surface area (Å²) in [5, 5.41) is 10.4. The highest BCUT2D eigenvalue weighted by Crippen LogP contribution is 2.39. The second-order valence-electron chi connectivity index (χ2n) is 7.77. The summed E-state index contributed by atoms with van der Waals surface area (Å²) in [5.41, 5.74) is 0. The molecular formula is C19H36O4. The van der Waals surface area contributed by atoms with Gasteiger partial charge in [-0.05, 0) is 31.6 Å². The lowest BCUT2D eigenvalue weighted by Gasteiger charge is -2.48. The van der Waals surface area contributed by atoms with Gasteiger partial charge in [-0.2, -0.15) is 0 Å². The molecule has 0 spiro atoms. The molecule has 2 rings (SSSR count). The van der Waals surface area contributed by atoms with Gasteiger partial charge in [0.05, 0.1) is 30.5 Å². The van der Waals surface area contributed by atoms with Gasteiger partial charge in [0, 0.05) is 11.8 Å². The van der Waals surface area contributed by atoms with Crippen LogP contribution in [0, 0.1) is 23.7 Å². The van der Waals surface area contributed by atoms with Gasteiger partial charge in [0.1, 0.15) is 0 Å². The zero-order valence-electron chi connectivity index (χ0n) is 15.9. The van der Waals surface area contributed by atoms with E-state index < -0.39 is 6.10 Å². The predicted octanol–water partition coefficient (Wildman–Crippen LogP) is 3.61. The maximum absolute atomic E-state index is 10.4. The molecule has 23 heavy (non-hydrogen) atoms. The van der Waals surface area contributed by atoms with Gasteiger partial charge in [-0.25, -0.2) is 0 Å². The Labute approximate surface area is 141 Å². The van der Waals surface area contributed by atoms with Crippen molar-refractivity contribution in [1.29, 1.82) is 0 Å². The smallest absolute Gasteiger partial charge is 0.161 e. The summed E-state index contributed by atoms with van der Waals surface area (Å²) in [7, 11) is 0. The lowest BCUT2D eigenvalue weighted by molar-refractivity contribution is -0.304. The molecule has 4 unspecified atom stereocenters. The van der Waals surface area contributed by atoms with Crippen LogP contribution in [-0.4, -0.2) is 41.9 Å². The molecule has 2 aliphatic heterocycles. The zero-order chi connectivity index (χ0) is 17.3. The van der Waals surface area contributed by atoms with E-state index in [4.69, 9.17) is 14.2 Å². The van der Waals surface area contributed by atoms with Crippen LogP contribution >= 0.6 is 0 Å². The molecule has 2 aliphatic rings. The Balaban J connectivity index is 2.11. The number of hydrogen-bond acceptors (Lipinski definition) is 4. The summed E-state index contributed by atoms with van der Waals surface area (Å²) in [6, 6.07) is 0. The molecule has 0 aliphatic carbocycles. The highest BCUT2D eigenvalue weighted by molar-refractivity contribution is 4.90. The van der Waals surface area contributed by atoms with Crippen LogP contribution in [0.2, 0.25) is 0 Å². The van der Waals surface area contributed by atoms with Crippen molar-refractivity contribution < 1.29 is 19.3 Å². The van der Waals surface area contributed by atoms with Crippen LogP contribution < -0.4 is 0 Å². The standard InChI is InChI=1S/C19H36O4/c1-8-15-11(4)10(3)12(5)19(22-15)23-18-13(6)17(20)14(7)21-16(18)9-2/h10-20H,8-9H2,1-7H3/t10-,11-,12?,13+,14-,15?,16?,17?,18-,19-/m0/s1. The van der Waals surface area contributed by atoms with Crippen molar-refractivity contribution in [2.24, 2.45) is 23.7 Å². The largest absolute Gasteiger partial charge is 0.390 e. The van der Waals surface area contributed by atoms with Gasteiger partial charge >= 0.3 is 0 Å². The van der Waals surface area contributed by atoms with Crippen molar-refractivity contribution in [2.75, 3.05) is 0 Å². The molecule has 10 atom stereocenters. The molecule has 0 radical (unpaired) electrons. The van der Waals surface area contributed by atoms with Crippen molar-refractivity contribution >= 4 is 0 Å². The van der Waals surface area contributed by atoms with Gasteiger partial charge in [0.25, 0.3) is 0 Å². The van der Waals surface area contributed by atoms with Crippen molar-refractivity contribution in [3.63, 3.8) is 0 Å². The molecule has 0 aromatic rings. The van der Waals surface area contributed by atoms with Crippen LogP contribution in [0.4, 0.5) is 0 Å². The van der Waals surface area contributed by atoms with Gasteiger partial charge in [0.2, 0.25) is 0 Å². The minimum absolute atomic E-state index is 0.0222. The maximum atomic E-state index is 10.4. The Kier molecular flexibility index (Phi) is 6.51. The van der Waals surface area contributed by atoms with Crippen LogP contribution in [0.1, 0.15) is 61.3 Å². The zero-order valence-corrected chi connectivity index (χ0v) is 15.9. The molecule has 0 aromatic heterocycles. The van der Waals surface area contributed by atoms with E-state index in [0.717, 1.165) is 12.8 Å². The number of aliphatic hydroxyl groups excluding tert-OH is 1. The SMILES string of the molecule is CCC1O[C@@H](O[C@@H]2C(CC)O[C@@H](C)C(O)[C@H]2C)C(C)[C@@H](C)[C@@H]1C. The Morgan fingerprint density at radius 2 is 1.39 bits per heavy atom. The van der Waals surface area contributed by atoms with E-state index in [1.54, 1.807) is 0 Å². The number of ether oxygens (including phenoxy) is 3. The highest BCUT2D eigenvalue weighted by atomic mass is 16.7. The molecule has 2 heterocycles. The summed E-state index contributed by atoms with van der Waals surface area (Å²) in [4.78, 5) is 0. The second kappa shape index (κ2) is 7.81. The Hall–Kier alpha value is -0.160. The number of aliphatic hydroxyl groups is 1. The first kappa shape index (κ1) is 19.2. The van der Waals surface area contributed by atoms with Crippen molar-refractivity contribution in [3.05, 3.63) is 0 Å². The van der Waals surface area contributed by atoms with E-state index in [1.807, 2.05) is 6.92 Å². The fourth-order valence-electron chi connectivity index (χ4n) is 4.20. The van der Waals surface area contributed by atoms with E-state index in [9.17, 15) is 5.11 Å². The van der Waals surface area contributed by atoms with E-state index >= 15 is 0 Å². The van der Waals surface area contributed by atoms with Crippen LogP contribution in [0.25, 0.3) is 0 Å². The molecule has 1 N–H and O–H groups in total. The summed E-state index contributed by atoms with van der Waals surface area (Å²) >= 11 is 0. The third kappa shape index (κ3) is 3.76. The minimum atomic E-state index is -0.486. The van der Waals surface area contributed by atoms with Gasteiger partial charge < -0.3 is 19.3 Å². The van der Waals surface area contributed by atoms with Gasteiger partial charge in [0.15, 0.2) is 6.29 Å². The topological polar surface area (TPSA) is 47.9 Å². The quantitative estimate of drug-likeness (QED) is 0.856. The van der Waals surface area contributed by atoms with E-state index in [0.29, 0.717) is 17.8 Å². The Bertz CT molecular complexity index is 370. The fourth-order valence-corrected chi connectivity index (χ4v) is 4.20. The molecule has 0 amide bonds. The molecule has 136 valence electrons.